The van der Waals surface area contributed by atoms with Crippen molar-refractivity contribution < 1.29 is 13.2 Å². The number of carbonyl (C=O) groups excluding carboxylic acids is 1. The summed E-state index contributed by atoms with van der Waals surface area (Å²) in [5.74, 6) is -0.347. The maximum Gasteiger partial charge on any atom is 0.272 e. The highest BCUT2D eigenvalue weighted by atomic mass is 32.2. The Morgan fingerprint density at radius 2 is 1.90 bits per heavy atom. The Morgan fingerprint density at radius 3 is 2.57 bits per heavy atom. The number of fused-ring (bicyclic) bond motifs is 1. The Balaban J connectivity index is 2.25. The summed E-state index contributed by atoms with van der Waals surface area (Å²) in [6.45, 7) is 1.71. The van der Waals surface area contributed by atoms with E-state index in [1.54, 1.807) is 20.0 Å². The zero-order chi connectivity index (χ0) is 15.6. The number of pyridine rings is 1. The third kappa shape index (κ3) is 3.78. The first-order valence-corrected chi connectivity index (χ1v) is 8.64. The van der Waals surface area contributed by atoms with E-state index >= 15 is 0 Å². The van der Waals surface area contributed by atoms with Crippen molar-refractivity contribution in [3.05, 3.63) is 42.1 Å². The summed E-state index contributed by atoms with van der Waals surface area (Å²) in [6, 6.07) is 10.6. The molecular formula is C15H18N2O3S. The quantitative estimate of drug-likeness (QED) is 0.863. The maximum atomic E-state index is 12.4. The molecule has 0 spiro atoms. The lowest BCUT2D eigenvalue weighted by molar-refractivity contribution is 0.0751. The fraction of sp³-hybridized carbons (Fsp3) is 0.333. The molecule has 0 aliphatic carbocycles. The van der Waals surface area contributed by atoms with Crippen LogP contribution >= 0.6 is 0 Å². The van der Waals surface area contributed by atoms with E-state index in [0.29, 0.717) is 5.69 Å². The van der Waals surface area contributed by atoms with Crippen molar-refractivity contribution >= 4 is 26.6 Å². The summed E-state index contributed by atoms with van der Waals surface area (Å²) >= 11 is 0. The molecule has 0 aliphatic rings. The minimum absolute atomic E-state index is 0.0666. The van der Waals surface area contributed by atoms with E-state index in [1.807, 2.05) is 30.3 Å². The molecule has 1 unspecified atom stereocenters. The minimum Gasteiger partial charge on any atom is -0.337 e. The van der Waals surface area contributed by atoms with Gasteiger partial charge in [-0.3, -0.25) is 4.79 Å². The van der Waals surface area contributed by atoms with E-state index in [4.69, 9.17) is 0 Å². The van der Waals surface area contributed by atoms with Crippen LogP contribution in [0, 0.1) is 0 Å². The Hall–Kier alpha value is -1.95. The van der Waals surface area contributed by atoms with Gasteiger partial charge in [-0.25, -0.2) is 13.4 Å². The largest absolute Gasteiger partial charge is 0.337 e. The fourth-order valence-electron chi connectivity index (χ4n) is 2.12. The molecule has 0 bridgehead atoms. The van der Waals surface area contributed by atoms with E-state index in [2.05, 4.69) is 4.98 Å². The van der Waals surface area contributed by atoms with Crippen LogP contribution < -0.4 is 0 Å². The highest BCUT2D eigenvalue weighted by molar-refractivity contribution is 7.90. The lowest BCUT2D eigenvalue weighted by Crippen LogP contribution is -2.39. The molecule has 1 aromatic carbocycles. The van der Waals surface area contributed by atoms with Gasteiger partial charge in [0.1, 0.15) is 15.5 Å². The van der Waals surface area contributed by atoms with Gasteiger partial charge in [0, 0.05) is 24.7 Å². The molecule has 0 aliphatic heterocycles. The van der Waals surface area contributed by atoms with Crippen molar-refractivity contribution in [1.82, 2.24) is 9.88 Å². The number of sulfone groups is 1. The Kier molecular flexibility index (Phi) is 4.27. The number of para-hydroxylation sites is 1. The molecule has 1 amide bonds. The Bertz CT molecular complexity index is 771. The second-order valence-electron chi connectivity index (χ2n) is 5.25. The van der Waals surface area contributed by atoms with Crippen LogP contribution in [0.25, 0.3) is 10.9 Å². The van der Waals surface area contributed by atoms with Crippen LogP contribution in [0.1, 0.15) is 17.4 Å². The molecular weight excluding hydrogens is 288 g/mol. The molecule has 6 heteroatoms. The van der Waals surface area contributed by atoms with Crippen LogP contribution in [-0.4, -0.2) is 49.3 Å². The van der Waals surface area contributed by atoms with Gasteiger partial charge in [0.25, 0.3) is 5.91 Å². The van der Waals surface area contributed by atoms with Crippen LogP contribution in [0.15, 0.2) is 36.4 Å². The molecule has 0 fully saturated rings. The van der Waals surface area contributed by atoms with Crippen LogP contribution in [0.5, 0.6) is 0 Å². The molecule has 0 N–H and O–H groups in total. The standard InChI is InChI=1S/C15H18N2O3S/c1-11(10-21(3,19)20)17(2)15(18)14-9-8-12-6-4-5-7-13(12)16-14/h4-9,11H,10H2,1-3H3. The molecule has 1 aromatic heterocycles. The third-order valence-corrected chi connectivity index (χ3v) is 4.43. The number of hydrogen-bond donors (Lipinski definition) is 0. The maximum absolute atomic E-state index is 12.4. The van der Waals surface area contributed by atoms with Crippen molar-refractivity contribution in [3.8, 4) is 0 Å². The summed E-state index contributed by atoms with van der Waals surface area (Å²) in [6.07, 6.45) is 1.16. The first kappa shape index (κ1) is 15.4. The molecule has 5 nitrogen and oxygen atoms in total. The van der Waals surface area contributed by atoms with Gasteiger partial charge in [0.15, 0.2) is 0 Å². The van der Waals surface area contributed by atoms with Crippen molar-refractivity contribution in [2.24, 2.45) is 0 Å². The van der Waals surface area contributed by atoms with E-state index in [1.165, 1.54) is 4.90 Å². The van der Waals surface area contributed by atoms with Gasteiger partial charge < -0.3 is 4.90 Å². The molecule has 0 saturated carbocycles. The molecule has 1 heterocycles. The van der Waals surface area contributed by atoms with Gasteiger partial charge in [-0.2, -0.15) is 0 Å². The second-order valence-corrected chi connectivity index (χ2v) is 7.43. The van der Waals surface area contributed by atoms with Crippen molar-refractivity contribution in [2.75, 3.05) is 19.1 Å². The van der Waals surface area contributed by atoms with Crippen molar-refractivity contribution in [3.63, 3.8) is 0 Å². The SMILES string of the molecule is CC(CS(C)(=O)=O)N(C)C(=O)c1ccc2ccccc2n1. The average molecular weight is 306 g/mol. The number of carbonyl (C=O) groups is 1. The molecule has 0 saturated heterocycles. The first-order valence-electron chi connectivity index (χ1n) is 6.58. The Labute approximate surface area is 124 Å². The lowest BCUT2D eigenvalue weighted by Gasteiger charge is -2.24. The summed E-state index contributed by atoms with van der Waals surface area (Å²) in [4.78, 5) is 18.1. The highest BCUT2D eigenvalue weighted by Crippen LogP contribution is 2.13. The highest BCUT2D eigenvalue weighted by Gasteiger charge is 2.21. The Morgan fingerprint density at radius 1 is 1.24 bits per heavy atom. The number of aromatic nitrogens is 1. The van der Waals surface area contributed by atoms with Gasteiger partial charge in [0.05, 0.1) is 11.3 Å². The molecule has 112 valence electrons. The predicted octanol–water partition coefficient (Wildman–Crippen LogP) is 1.74. The minimum atomic E-state index is -3.13. The van der Waals surface area contributed by atoms with Gasteiger partial charge in [-0.15, -0.1) is 0 Å². The lowest BCUT2D eigenvalue weighted by atomic mass is 10.2. The second kappa shape index (κ2) is 5.81. The topological polar surface area (TPSA) is 67.3 Å². The van der Waals surface area contributed by atoms with Crippen LogP contribution in [0.3, 0.4) is 0 Å². The summed E-state index contributed by atoms with van der Waals surface area (Å²) in [5, 5.41) is 0.959. The monoisotopic (exact) mass is 306 g/mol. The molecule has 1 atom stereocenters. The third-order valence-electron chi connectivity index (χ3n) is 3.34. The number of rotatable bonds is 4. The summed E-state index contributed by atoms with van der Waals surface area (Å²) in [7, 11) is -1.54. The predicted molar refractivity (Wildman–Crippen MR) is 83.0 cm³/mol. The van der Waals surface area contributed by atoms with E-state index in [-0.39, 0.29) is 11.7 Å². The zero-order valence-electron chi connectivity index (χ0n) is 12.3. The van der Waals surface area contributed by atoms with Crippen molar-refractivity contribution in [2.45, 2.75) is 13.0 Å². The zero-order valence-corrected chi connectivity index (χ0v) is 13.1. The molecule has 0 radical (unpaired) electrons. The van der Waals surface area contributed by atoms with Gasteiger partial charge >= 0.3 is 0 Å². The van der Waals surface area contributed by atoms with Gasteiger partial charge in [-0.1, -0.05) is 24.3 Å². The molecule has 2 rings (SSSR count). The van der Waals surface area contributed by atoms with Crippen LogP contribution in [0.4, 0.5) is 0 Å². The average Bonchev–Trinajstić information content (AvgIpc) is 2.43. The van der Waals surface area contributed by atoms with E-state index in [0.717, 1.165) is 17.2 Å². The molecule has 21 heavy (non-hydrogen) atoms. The molecule has 2 aromatic rings. The normalized spacial score (nSPS) is 13.1. The van der Waals surface area contributed by atoms with Gasteiger partial charge in [0.2, 0.25) is 0 Å². The van der Waals surface area contributed by atoms with E-state index < -0.39 is 15.9 Å². The van der Waals surface area contributed by atoms with Crippen LogP contribution in [0.2, 0.25) is 0 Å². The van der Waals surface area contributed by atoms with E-state index in [9.17, 15) is 13.2 Å². The fourth-order valence-corrected chi connectivity index (χ4v) is 3.22. The number of amides is 1. The van der Waals surface area contributed by atoms with Crippen molar-refractivity contribution in [1.29, 1.82) is 0 Å². The first-order chi connectivity index (χ1) is 9.78. The summed E-state index contributed by atoms with van der Waals surface area (Å²) in [5.41, 5.74) is 1.06. The van der Waals surface area contributed by atoms with Gasteiger partial charge in [-0.05, 0) is 19.1 Å². The summed E-state index contributed by atoms with van der Waals surface area (Å²) < 4.78 is 22.7. The number of nitrogens with zero attached hydrogens (tertiary/aromatic N) is 2. The number of hydrogen-bond acceptors (Lipinski definition) is 4. The smallest absolute Gasteiger partial charge is 0.272 e. The number of benzene rings is 1. The van der Waals surface area contributed by atoms with Crippen LogP contribution in [-0.2, 0) is 9.84 Å².